The number of halogens is 2. The lowest BCUT2D eigenvalue weighted by Crippen LogP contribution is -2.09. The van der Waals surface area contributed by atoms with Gasteiger partial charge in [0.1, 0.15) is 10.7 Å². The first-order valence-electron chi connectivity index (χ1n) is 5.29. The van der Waals surface area contributed by atoms with Gasteiger partial charge in [0.25, 0.3) is 0 Å². The smallest absolute Gasteiger partial charge is 0.179 e. The Morgan fingerprint density at radius 1 is 1.47 bits per heavy atom. The number of rotatable bonds is 2. The molecule has 1 aromatic rings. The molecule has 1 fully saturated rings. The second-order valence-corrected chi connectivity index (χ2v) is 6.64. The molecule has 0 saturated carbocycles. The molecule has 1 N–H and O–H groups in total. The summed E-state index contributed by atoms with van der Waals surface area (Å²) in [6.45, 7) is 1.66. The summed E-state index contributed by atoms with van der Waals surface area (Å²) >= 11 is 5.86. The summed E-state index contributed by atoms with van der Waals surface area (Å²) in [7, 11) is -3.63. The fourth-order valence-corrected chi connectivity index (χ4v) is 3.57. The van der Waals surface area contributed by atoms with E-state index >= 15 is 0 Å². The van der Waals surface area contributed by atoms with E-state index in [1.165, 1.54) is 6.07 Å². The van der Waals surface area contributed by atoms with Crippen LogP contribution in [0.15, 0.2) is 17.0 Å². The molecule has 1 heterocycles. The highest BCUT2D eigenvalue weighted by Gasteiger charge is 2.23. The van der Waals surface area contributed by atoms with Crippen LogP contribution in [0.1, 0.15) is 17.9 Å². The molecule has 1 aliphatic rings. The molecule has 1 saturated heterocycles. The first-order chi connectivity index (χ1) is 7.89. The Kier molecular flexibility index (Phi) is 3.43. The summed E-state index contributed by atoms with van der Waals surface area (Å²) in [6, 6.07) is 2.83. The van der Waals surface area contributed by atoms with Crippen LogP contribution in [0.4, 0.5) is 4.39 Å². The van der Waals surface area contributed by atoms with Gasteiger partial charge in [0.05, 0.1) is 5.02 Å². The lowest BCUT2D eigenvalue weighted by molar-refractivity contribution is 0.568. The summed E-state index contributed by atoms with van der Waals surface area (Å²) < 4.78 is 36.5. The highest BCUT2D eigenvalue weighted by Crippen LogP contribution is 2.31. The number of benzene rings is 1. The Hall–Kier alpha value is -0.650. The van der Waals surface area contributed by atoms with Crippen LogP contribution >= 0.6 is 11.6 Å². The van der Waals surface area contributed by atoms with Gasteiger partial charge in [-0.1, -0.05) is 11.6 Å². The third-order valence-corrected chi connectivity index (χ3v) is 4.49. The summed E-state index contributed by atoms with van der Waals surface area (Å²) in [4.78, 5) is -0.408. The topological polar surface area (TPSA) is 46.2 Å². The highest BCUT2D eigenvalue weighted by atomic mass is 35.5. The molecule has 6 heteroatoms. The van der Waals surface area contributed by atoms with Crippen LogP contribution in [0.3, 0.4) is 0 Å². The van der Waals surface area contributed by atoms with Crippen molar-refractivity contribution in [2.24, 2.45) is 0 Å². The van der Waals surface area contributed by atoms with E-state index in [2.05, 4.69) is 5.32 Å². The zero-order valence-corrected chi connectivity index (χ0v) is 10.9. The van der Waals surface area contributed by atoms with Crippen molar-refractivity contribution in [1.82, 2.24) is 5.32 Å². The largest absolute Gasteiger partial charge is 0.316 e. The Morgan fingerprint density at radius 3 is 2.65 bits per heavy atom. The van der Waals surface area contributed by atoms with E-state index in [1.54, 1.807) is 6.07 Å². The van der Waals surface area contributed by atoms with Crippen LogP contribution in [0.25, 0.3) is 0 Å². The summed E-state index contributed by atoms with van der Waals surface area (Å²) in [5, 5.41) is 3.14. The first kappa shape index (κ1) is 12.8. The highest BCUT2D eigenvalue weighted by molar-refractivity contribution is 7.90. The maximum Gasteiger partial charge on any atom is 0.179 e. The SMILES string of the molecule is CS(=O)(=O)c1c(F)cc(C2CCNC2)cc1Cl. The van der Waals surface area contributed by atoms with Gasteiger partial charge >= 0.3 is 0 Å². The lowest BCUT2D eigenvalue weighted by Gasteiger charge is -2.12. The summed E-state index contributed by atoms with van der Waals surface area (Å²) in [5.74, 6) is -0.558. The minimum absolute atomic E-state index is 0.0330. The van der Waals surface area contributed by atoms with Crippen LogP contribution in [0, 0.1) is 5.82 Å². The lowest BCUT2D eigenvalue weighted by atomic mass is 9.98. The van der Waals surface area contributed by atoms with Crippen molar-refractivity contribution < 1.29 is 12.8 Å². The average Bonchev–Trinajstić information content (AvgIpc) is 2.66. The van der Waals surface area contributed by atoms with Crippen molar-refractivity contribution in [3.63, 3.8) is 0 Å². The van der Waals surface area contributed by atoms with Gasteiger partial charge in [0.2, 0.25) is 0 Å². The number of nitrogens with one attached hydrogen (secondary N) is 1. The van der Waals surface area contributed by atoms with E-state index < -0.39 is 20.5 Å². The number of sulfone groups is 1. The van der Waals surface area contributed by atoms with Gasteiger partial charge in [-0.25, -0.2) is 12.8 Å². The third-order valence-electron chi connectivity index (χ3n) is 2.92. The van der Waals surface area contributed by atoms with Gasteiger partial charge in [0.15, 0.2) is 9.84 Å². The van der Waals surface area contributed by atoms with Gasteiger partial charge in [-0.05, 0) is 36.6 Å². The second-order valence-electron chi connectivity index (χ2n) is 4.28. The molecule has 0 aliphatic carbocycles. The van der Waals surface area contributed by atoms with Crippen molar-refractivity contribution in [2.75, 3.05) is 19.3 Å². The van der Waals surface area contributed by atoms with Crippen molar-refractivity contribution in [2.45, 2.75) is 17.2 Å². The van der Waals surface area contributed by atoms with E-state index in [0.29, 0.717) is 0 Å². The molecule has 94 valence electrons. The van der Waals surface area contributed by atoms with E-state index in [0.717, 1.165) is 31.3 Å². The van der Waals surface area contributed by atoms with Gasteiger partial charge in [-0.15, -0.1) is 0 Å². The fraction of sp³-hybridized carbons (Fsp3) is 0.455. The Labute approximate surface area is 105 Å². The first-order valence-corrected chi connectivity index (χ1v) is 7.56. The summed E-state index contributed by atoms with van der Waals surface area (Å²) in [6.07, 6.45) is 1.86. The van der Waals surface area contributed by atoms with Gasteiger partial charge < -0.3 is 5.32 Å². The predicted molar refractivity (Wildman–Crippen MR) is 64.7 cm³/mol. The standard InChI is InChI=1S/C11H13ClFNO2S/c1-17(15,16)11-9(12)4-8(5-10(11)13)7-2-3-14-6-7/h4-5,7,14H,2-3,6H2,1H3. The molecule has 0 spiro atoms. The number of hydrogen-bond donors (Lipinski definition) is 1. The van der Waals surface area contributed by atoms with Crippen LogP contribution in [0.2, 0.25) is 5.02 Å². The van der Waals surface area contributed by atoms with Crippen LogP contribution in [-0.2, 0) is 9.84 Å². The maximum absolute atomic E-state index is 13.8. The van der Waals surface area contributed by atoms with E-state index in [1.807, 2.05) is 0 Å². The zero-order chi connectivity index (χ0) is 12.6. The monoisotopic (exact) mass is 277 g/mol. The maximum atomic E-state index is 13.8. The van der Waals surface area contributed by atoms with E-state index in [4.69, 9.17) is 11.6 Å². The quantitative estimate of drug-likeness (QED) is 0.899. The molecule has 1 aromatic carbocycles. The van der Waals surface area contributed by atoms with Crippen LogP contribution < -0.4 is 5.32 Å². The molecule has 0 amide bonds. The Balaban J connectivity index is 2.48. The molecular weight excluding hydrogens is 265 g/mol. The van der Waals surface area contributed by atoms with Gasteiger partial charge in [0, 0.05) is 12.8 Å². The minimum atomic E-state index is -3.63. The minimum Gasteiger partial charge on any atom is -0.316 e. The average molecular weight is 278 g/mol. The molecule has 1 unspecified atom stereocenters. The molecule has 0 radical (unpaired) electrons. The molecular formula is C11H13ClFNO2S. The predicted octanol–water partition coefficient (Wildman–Crippen LogP) is 1.96. The number of hydrogen-bond acceptors (Lipinski definition) is 3. The Morgan fingerprint density at radius 2 is 2.18 bits per heavy atom. The molecule has 3 nitrogen and oxygen atoms in total. The van der Waals surface area contributed by atoms with Crippen molar-refractivity contribution in [1.29, 1.82) is 0 Å². The normalized spacial score (nSPS) is 20.8. The van der Waals surface area contributed by atoms with Crippen molar-refractivity contribution >= 4 is 21.4 Å². The molecule has 0 bridgehead atoms. The Bertz CT molecular complexity index is 515. The van der Waals surface area contributed by atoms with Gasteiger partial charge in [-0.3, -0.25) is 0 Å². The third kappa shape index (κ3) is 2.61. The molecule has 17 heavy (non-hydrogen) atoms. The summed E-state index contributed by atoms with van der Waals surface area (Å²) in [5.41, 5.74) is 0.755. The van der Waals surface area contributed by atoms with Gasteiger partial charge in [-0.2, -0.15) is 0 Å². The van der Waals surface area contributed by atoms with E-state index in [-0.39, 0.29) is 10.9 Å². The molecule has 0 aromatic heterocycles. The molecule has 1 aliphatic heterocycles. The zero-order valence-electron chi connectivity index (χ0n) is 9.33. The van der Waals surface area contributed by atoms with Crippen molar-refractivity contribution in [3.05, 3.63) is 28.5 Å². The molecule has 2 rings (SSSR count). The second kappa shape index (κ2) is 4.55. The van der Waals surface area contributed by atoms with Crippen LogP contribution in [0.5, 0.6) is 0 Å². The van der Waals surface area contributed by atoms with E-state index in [9.17, 15) is 12.8 Å². The fourth-order valence-electron chi connectivity index (χ4n) is 2.11. The van der Waals surface area contributed by atoms with Crippen LogP contribution in [-0.4, -0.2) is 27.8 Å². The van der Waals surface area contributed by atoms with Crippen molar-refractivity contribution in [3.8, 4) is 0 Å². The molecule has 1 atom stereocenters.